The van der Waals surface area contributed by atoms with Crippen molar-refractivity contribution in [3.05, 3.63) is 65.6 Å². The van der Waals surface area contributed by atoms with Crippen LogP contribution in [0.5, 0.6) is 5.75 Å². The first-order chi connectivity index (χ1) is 11.5. The summed E-state index contributed by atoms with van der Waals surface area (Å²) >= 11 is 5.69. The van der Waals surface area contributed by atoms with Crippen LogP contribution in [0, 0.1) is 7.14 Å². The summed E-state index contributed by atoms with van der Waals surface area (Å²) in [5.74, 6) is 0.565. The largest absolute Gasteiger partial charge is 0.487 e. The molecule has 1 heterocycles. The first kappa shape index (κ1) is 17.7. The van der Waals surface area contributed by atoms with Gasteiger partial charge >= 0.3 is 0 Å². The fourth-order valence-electron chi connectivity index (χ4n) is 2.11. The van der Waals surface area contributed by atoms with Crippen molar-refractivity contribution in [3.63, 3.8) is 0 Å². The van der Waals surface area contributed by atoms with Crippen molar-refractivity contribution in [2.75, 3.05) is 0 Å². The molecular formula is C17H12I2N2O2S. The van der Waals surface area contributed by atoms with E-state index in [2.05, 4.69) is 50.2 Å². The molecule has 1 aliphatic heterocycles. The minimum absolute atomic E-state index is 0.285. The predicted molar refractivity (Wildman–Crippen MR) is 115 cm³/mol. The molecule has 0 atom stereocenters. The minimum atomic E-state index is -0.285. The van der Waals surface area contributed by atoms with E-state index >= 15 is 0 Å². The molecule has 0 bridgehead atoms. The maximum Gasteiger partial charge on any atom is 0.286 e. The number of benzene rings is 2. The van der Waals surface area contributed by atoms with Gasteiger partial charge in [-0.15, -0.1) is 0 Å². The number of ether oxygens (including phenoxy) is 1. The second kappa shape index (κ2) is 7.87. The third-order valence-corrected chi connectivity index (χ3v) is 5.60. The van der Waals surface area contributed by atoms with Crippen molar-refractivity contribution in [1.82, 2.24) is 0 Å². The van der Waals surface area contributed by atoms with E-state index in [4.69, 9.17) is 10.5 Å². The molecule has 0 unspecified atom stereocenters. The second-order valence-electron chi connectivity index (χ2n) is 4.95. The molecule has 0 saturated carbocycles. The Kier molecular flexibility index (Phi) is 5.82. The molecule has 2 N–H and O–H groups in total. The molecule has 1 aliphatic rings. The van der Waals surface area contributed by atoms with E-state index in [-0.39, 0.29) is 5.91 Å². The number of hydrogen-bond acceptors (Lipinski definition) is 4. The van der Waals surface area contributed by atoms with Gasteiger partial charge in [0.2, 0.25) is 0 Å². The number of aliphatic imine (C=N–C) groups is 1. The molecule has 2 aromatic rings. The number of hydrogen-bond donors (Lipinski definition) is 1. The maximum atomic E-state index is 11.7. The zero-order valence-electron chi connectivity index (χ0n) is 12.3. The summed E-state index contributed by atoms with van der Waals surface area (Å²) < 4.78 is 7.95. The van der Waals surface area contributed by atoms with Gasteiger partial charge in [0.15, 0.2) is 5.17 Å². The average Bonchev–Trinajstić information content (AvgIpc) is 2.85. The molecule has 0 aliphatic carbocycles. The highest BCUT2D eigenvalue weighted by Crippen LogP contribution is 2.32. The Morgan fingerprint density at radius 1 is 1.17 bits per heavy atom. The van der Waals surface area contributed by atoms with Crippen LogP contribution in [0.1, 0.15) is 11.1 Å². The number of carbonyl (C=O) groups excluding carboxylic acids is 1. The lowest BCUT2D eigenvalue weighted by atomic mass is 10.2. The van der Waals surface area contributed by atoms with Crippen LogP contribution in [0.3, 0.4) is 0 Å². The molecule has 7 heteroatoms. The number of rotatable bonds is 4. The fraction of sp³-hybridized carbons (Fsp3) is 0.0588. The van der Waals surface area contributed by atoms with Crippen LogP contribution in [-0.4, -0.2) is 11.1 Å². The molecule has 0 fully saturated rings. The van der Waals surface area contributed by atoms with Gasteiger partial charge in [-0.2, -0.15) is 4.99 Å². The molecule has 4 nitrogen and oxygen atoms in total. The molecule has 0 aromatic heterocycles. The van der Waals surface area contributed by atoms with Crippen molar-refractivity contribution in [3.8, 4) is 5.75 Å². The summed E-state index contributed by atoms with van der Waals surface area (Å²) in [6, 6.07) is 14.0. The van der Waals surface area contributed by atoms with Crippen molar-refractivity contribution in [2.24, 2.45) is 10.7 Å². The van der Waals surface area contributed by atoms with Crippen LogP contribution in [-0.2, 0) is 11.4 Å². The van der Waals surface area contributed by atoms with Crippen molar-refractivity contribution in [2.45, 2.75) is 6.61 Å². The summed E-state index contributed by atoms with van der Waals surface area (Å²) in [4.78, 5) is 16.0. The van der Waals surface area contributed by atoms with E-state index in [1.165, 1.54) is 11.8 Å². The van der Waals surface area contributed by atoms with E-state index in [9.17, 15) is 4.79 Å². The van der Waals surface area contributed by atoms with Crippen LogP contribution in [0.25, 0.3) is 6.08 Å². The van der Waals surface area contributed by atoms with E-state index in [0.717, 1.165) is 24.0 Å². The lowest BCUT2D eigenvalue weighted by molar-refractivity contribution is -0.113. The van der Waals surface area contributed by atoms with E-state index < -0.39 is 0 Å². The minimum Gasteiger partial charge on any atom is -0.487 e. The predicted octanol–water partition coefficient (Wildman–Crippen LogP) is 4.40. The summed E-state index contributed by atoms with van der Waals surface area (Å²) in [5, 5.41) is 0.290. The van der Waals surface area contributed by atoms with Crippen LogP contribution < -0.4 is 10.5 Å². The lowest BCUT2D eigenvalue weighted by Crippen LogP contribution is -2.01. The van der Waals surface area contributed by atoms with Gasteiger partial charge in [-0.3, -0.25) is 4.79 Å². The number of nitrogens with two attached hydrogens (primary N) is 1. The van der Waals surface area contributed by atoms with Gasteiger partial charge < -0.3 is 10.5 Å². The normalized spacial score (nSPS) is 15.7. The fourth-order valence-corrected chi connectivity index (χ4v) is 4.92. The standard InChI is InChI=1S/C17H12I2N2O2S/c18-12-6-11(8-14-16(22)21-17(20)24-14)7-13(19)15(12)23-9-10-4-2-1-3-5-10/h1-8H,9H2,(H2,20,21,22)/b14-8-. The number of carbonyl (C=O) groups is 1. The molecule has 0 saturated heterocycles. The van der Waals surface area contributed by atoms with Crippen LogP contribution >= 0.6 is 56.9 Å². The van der Waals surface area contributed by atoms with Crippen molar-refractivity contribution in [1.29, 1.82) is 0 Å². The SMILES string of the molecule is NC1=NC(=O)/C(=C/c2cc(I)c(OCc3ccccc3)c(I)c2)S1. The van der Waals surface area contributed by atoms with E-state index in [0.29, 0.717) is 16.7 Å². The molecule has 0 radical (unpaired) electrons. The molecule has 24 heavy (non-hydrogen) atoms. The zero-order valence-corrected chi connectivity index (χ0v) is 17.5. The Balaban J connectivity index is 1.79. The maximum absolute atomic E-state index is 11.7. The van der Waals surface area contributed by atoms with Gasteiger partial charge in [0.05, 0.1) is 12.0 Å². The molecular weight excluding hydrogens is 550 g/mol. The summed E-state index contributed by atoms with van der Waals surface area (Å²) in [6.45, 7) is 0.520. The van der Waals surface area contributed by atoms with Gasteiger partial charge in [0, 0.05) is 0 Å². The number of thioether (sulfide) groups is 1. The van der Waals surface area contributed by atoms with Gasteiger partial charge in [0.1, 0.15) is 12.4 Å². The zero-order chi connectivity index (χ0) is 17.1. The number of amides is 1. The summed E-state index contributed by atoms with van der Waals surface area (Å²) in [6.07, 6.45) is 1.81. The quantitative estimate of drug-likeness (QED) is 0.444. The van der Waals surface area contributed by atoms with Gasteiger partial charge in [-0.1, -0.05) is 30.3 Å². The monoisotopic (exact) mass is 562 g/mol. The van der Waals surface area contributed by atoms with Crippen molar-refractivity contribution >= 4 is 74.1 Å². The Morgan fingerprint density at radius 3 is 2.42 bits per heavy atom. The van der Waals surface area contributed by atoms with Gasteiger partial charge in [-0.05, 0) is 86.3 Å². The van der Waals surface area contributed by atoms with Crippen LogP contribution in [0.4, 0.5) is 0 Å². The third kappa shape index (κ3) is 4.31. The Morgan fingerprint density at radius 2 is 1.83 bits per heavy atom. The highest BCUT2D eigenvalue weighted by atomic mass is 127. The van der Waals surface area contributed by atoms with Gasteiger partial charge in [0.25, 0.3) is 5.91 Å². The summed E-state index contributed by atoms with van der Waals surface area (Å²) in [5.41, 5.74) is 7.62. The molecule has 2 aromatic carbocycles. The van der Waals surface area contributed by atoms with E-state index in [1.54, 1.807) is 0 Å². The van der Waals surface area contributed by atoms with Crippen LogP contribution in [0.15, 0.2) is 52.4 Å². The van der Waals surface area contributed by atoms with Crippen LogP contribution in [0.2, 0.25) is 0 Å². The Labute approximate surface area is 171 Å². The number of amidine groups is 1. The summed E-state index contributed by atoms with van der Waals surface area (Å²) in [7, 11) is 0. The topological polar surface area (TPSA) is 64.7 Å². The smallest absolute Gasteiger partial charge is 0.286 e. The lowest BCUT2D eigenvalue weighted by Gasteiger charge is -2.11. The Hall–Kier alpha value is -1.07. The highest BCUT2D eigenvalue weighted by Gasteiger charge is 2.20. The molecule has 0 spiro atoms. The first-order valence-corrected chi connectivity index (χ1v) is 9.94. The molecule has 3 rings (SSSR count). The third-order valence-electron chi connectivity index (χ3n) is 3.18. The highest BCUT2D eigenvalue weighted by molar-refractivity contribution is 14.1. The van der Waals surface area contributed by atoms with Gasteiger partial charge in [-0.25, -0.2) is 0 Å². The van der Waals surface area contributed by atoms with E-state index in [1.807, 2.05) is 48.5 Å². The average molecular weight is 562 g/mol. The molecule has 122 valence electrons. The number of nitrogens with zero attached hydrogens (tertiary/aromatic N) is 1. The number of halogens is 2. The second-order valence-corrected chi connectivity index (χ2v) is 8.34. The molecule has 1 amide bonds. The first-order valence-electron chi connectivity index (χ1n) is 6.97. The Bertz CT molecular complexity index is 828. The van der Waals surface area contributed by atoms with Crippen molar-refractivity contribution < 1.29 is 9.53 Å².